The summed E-state index contributed by atoms with van der Waals surface area (Å²) >= 11 is 0. The van der Waals surface area contributed by atoms with E-state index in [-0.39, 0.29) is 0 Å². The molecule has 0 spiro atoms. The number of hydrogen-bond donors (Lipinski definition) is 0. The molecule has 0 fully saturated rings. The fraction of sp³-hybridized carbons (Fsp3) is 0.571. The van der Waals surface area contributed by atoms with Gasteiger partial charge in [0.05, 0.1) is 0 Å². The summed E-state index contributed by atoms with van der Waals surface area (Å²) in [6.07, 6.45) is -6.78. The van der Waals surface area contributed by atoms with Gasteiger partial charge in [-0.15, -0.1) is 6.42 Å². The predicted molar refractivity (Wildman–Crippen MR) is 35.4 cm³/mol. The van der Waals surface area contributed by atoms with E-state index >= 15 is 0 Å². The van der Waals surface area contributed by atoms with Crippen molar-refractivity contribution in [1.82, 2.24) is 0 Å². The largest absolute Gasteiger partial charge is 0.472 e. The number of halogens is 6. The third-order valence-electron chi connectivity index (χ3n) is 1.15. The SMILES string of the molecule is C#CCC(=O)OC(F)(F)C(F)(F)C(F)F. The average molecular weight is 234 g/mol. The number of terminal acetylenes is 1. The van der Waals surface area contributed by atoms with Crippen molar-refractivity contribution in [1.29, 1.82) is 0 Å². The van der Waals surface area contributed by atoms with Gasteiger partial charge in [-0.25, -0.2) is 8.78 Å². The van der Waals surface area contributed by atoms with Crippen LogP contribution < -0.4 is 0 Å². The molecule has 0 saturated carbocycles. The molecule has 0 heterocycles. The summed E-state index contributed by atoms with van der Waals surface area (Å²) in [5.74, 6) is -6.11. The van der Waals surface area contributed by atoms with Gasteiger partial charge in [0.15, 0.2) is 0 Å². The molecule has 2 nitrogen and oxygen atoms in total. The molecule has 0 radical (unpaired) electrons. The summed E-state index contributed by atoms with van der Waals surface area (Å²) in [6.45, 7) is 0. The van der Waals surface area contributed by atoms with Gasteiger partial charge in [-0.1, -0.05) is 5.92 Å². The summed E-state index contributed by atoms with van der Waals surface area (Å²) in [4.78, 5) is 10.3. The standard InChI is InChI=1S/C7H4F6O2/c1-2-3-4(14)15-7(12,13)6(10,11)5(8)9/h1,5H,3H2. The molecule has 0 amide bonds. The highest BCUT2D eigenvalue weighted by atomic mass is 19.3. The Morgan fingerprint density at radius 2 is 1.80 bits per heavy atom. The predicted octanol–water partition coefficient (Wildman–Crippen LogP) is 2.05. The lowest BCUT2D eigenvalue weighted by atomic mass is 10.3. The van der Waals surface area contributed by atoms with E-state index in [0.717, 1.165) is 0 Å². The summed E-state index contributed by atoms with van der Waals surface area (Å²) in [5, 5.41) is 0. The Balaban J connectivity index is 4.69. The van der Waals surface area contributed by atoms with Gasteiger partial charge >= 0.3 is 24.4 Å². The molecular formula is C7H4F6O2. The quantitative estimate of drug-likeness (QED) is 0.422. The van der Waals surface area contributed by atoms with E-state index < -0.39 is 30.8 Å². The van der Waals surface area contributed by atoms with Crippen LogP contribution in [-0.2, 0) is 9.53 Å². The van der Waals surface area contributed by atoms with E-state index in [4.69, 9.17) is 0 Å². The third kappa shape index (κ3) is 3.04. The number of carbonyl (C=O) groups is 1. The van der Waals surface area contributed by atoms with Crippen LogP contribution in [0.4, 0.5) is 26.3 Å². The third-order valence-corrected chi connectivity index (χ3v) is 1.15. The fourth-order valence-electron chi connectivity index (χ4n) is 0.457. The van der Waals surface area contributed by atoms with Crippen molar-refractivity contribution >= 4 is 5.97 Å². The number of rotatable bonds is 4. The first kappa shape index (κ1) is 13.6. The van der Waals surface area contributed by atoms with Crippen LogP contribution in [0.15, 0.2) is 0 Å². The van der Waals surface area contributed by atoms with E-state index in [9.17, 15) is 31.1 Å². The minimum atomic E-state index is -5.75. The molecule has 0 aromatic heterocycles. The Bertz CT molecular complexity index is 280. The Hall–Kier alpha value is -1.39. The monoisotopic (exact) mass is 234 g/mol. The van der Waals surface area contributed by atoms with Crippen LogP contribution in [0.1, 0.15) is 6.42 Å². The highest BCUT2D eigenvalue weighted by Gasteiger charge is 2.66. The van der Waals surface area contributed by atoms with Crippen molar-refractivity contribution in [2.45, 2.75) is 24.9 Å². The van der Waals surface area contributed by atoms with Gasteiger partial charge < -0.3 is 4.74 Å². The first-order valence-electron chi connectivity index (χ1n) is 3.34. The molecule has 0 aliphatic heterocycles. The maximum absolute atomic E-state index is 12.3. The maximum Gasteiger partial charge on any atom is 0.472 e. The van der Waals surface area contributed by atoms with Crippen LogP contribution in [0.2, 0.25) is 0 Å². The molecule has 0 aliphatic carbocycles. The lowest BCUT2D eigenvalue weighted by molar-refractivity contribution is -0.358. The minimum absolute atomic E-state index is 1.02. The summed E-state index contributed by atoms with van der Waals surface area (Å²) in [5.41, 5.74) is 0. The summed E-state index contributed by atoms with van der Waals surface area (Å²) in [6, 6.07) is 0. The molecule has 0 N–H and O–H groups in total. The second kappa shape index (κ2) is 4.42. The van der Waals surface area contributed by atoms with Gasteiger partial charge in [0, 0.05) is 0 Å². The van der Waals surface area contributed by atoms with E-state index in [1.807, 2.05) is 0 Å². The van der Waals surface area contributed by atoms with E-state index in [1.165, 1.54) is 5.92 Å². The van der Waals surface area contributed by atoms with Crippen molar-refractivity contribution < 1.29 is 35.9 Å². The second-order valence-electron chi connectivity index (χ2n) is 2.30. The van der Waals surface area contributed by atoms with Crippen molar-refractivity contribution in [2.24, 2.45) is 0 Å². The summed E-state index contributed by atoms with van der Waals surface area (Å²) in [7, 11) is 0. The van der Waals surface area contributed by atoms with Crippen LogP contribution >= 0.6 is 0 Å². The Morgan fingerprint density at radius 3 is 2.13 bits per heavy atom. The minimum Gasteiger partial charge on any atom is -0.395 e. The smallest absolute Gasteiger partial charge is 0.395 e. The molecule has 0 aliphatic rings. The molecule has 8 heteroatoms. The van der Waals surface area contributed by atoms with Gasteiger partial charge in [-0.2, -0.15) is 17.6 Å². The molecule has 0 unspecified atom stereocenters. The highest BCUT2D eigenvalue weighted by molar-refractivity contribution is 5.72. The maximum atomic E-state index is 12.3. The van der Waals surface area contributed by atoms with Gasteiger partial charge in [-0.3, -0.25) is 4.79 Å². The zero-order chi connectivity index (χ0) is 12.3. The van der Waals surface area contributed by atoms with Crippen LogP contribution in [0, 0.1) is 12.3 Å². The van der Waals surface area contributed by atoms with Gasteiger partial charge in [-0.05, 0) is 0 Å². The van der Waals surface area contributed by atoms with E-state index in [0.29, 0.717) is 0 Å². The lowest BCUT2D eigenvalue weighted by Crippen LogP contribution is -2.49. The first-order valence-corrected chi connectivity index (χ1v) is 3.34. The Kier molecular flexibility index (Phi) is 4.01. The van der Waals surface area contributed by atoms with Crippen molar-refractivity contribution in [2.75, 3.05) is 0 Å². The molecular weight excluding hydrogens is 230 g/mol. The van der Waals surface area contributed by atoms with Crippen molar-refractivity contribution in [3.05, 3.63) is 0 Å². The molecule has 0 aromatic rings. The topological polar surface area (TPSA) is 26.3 Å². The molecule has 0 bridgehead atoms. The van der Waals surface area contributed by atoms with Crippen LogP contribution in [-0.4, -0.2) is 24.4 Å². The van der Waals surface area contributed by atoms with E-state index in [2.05, 4.69) is 11.2 Å². The normalized spacial score (nSPS) is 12.4. The zero-order valence-electron chi connectivity index (χ0n) is 6.95. The number of hydrogen-bond acceptors (Lipinski definition) is 2. The summed E-state index contributed by atoms with van der Waals surface area (Å²) < 4.78 is 74.6. The molecule has 0 aromatic carbocycles. The number of ether oxygens (including phenoxy) is 1. The first-order chi connectivity index (χ1) is 6.65. The van der Waals surface area contributed by atoms with Crippen molar-refractivity contribution in [3.63, 3.8) is 0 Å². The molecule has 0 saturated heterocycles. The Morgan fingerprint density at radius 1 is 1.33 bits per heavy atom. The van der Waals surface area contributed by atoms with Crippen LogP contribution in [0.25, 0.3) is 0 Å². The van der Waals surface area contributed by atoms with Gasteiger partial charge in [0.1, 0.15) is 6.42 Å². The zero-order valence-corrected chi connectivity index (χ0v) is 6.95. The second-order valence-corrected chi connectivity index (χ2v) is 2.30. The fourth-order valence-corrected chi connectivity index (χ4v) is 0.457. The van der Waals surface area contributed by atoms with Crippen LogP contribution in [0.5, 0.6) is 0 Å². The van der Waals surface area contributed by atoms with Crippen molar-refractivity contribution in [3.8, 4) is 12.3 Å². The molecule has 0 rings (SSSR count). The van der Waals surface area contributed by atoms with Crippen LogP contribution in [0.3, 0.4) is 0 Å². The number of esters is 1. The Labute approximate surface area is 80.2 Å². The highest BCUT2D eigenvalue weighted by Crippen LogP contribution is 2.40. The van der Waals surface area contributed by atoms with Gasteiger partial charge in [0.25, 0.3) is 0 Å². The average Bonchev–Trinajstić information content (AvgIpc) is 2.02. The molecule has 0 atom stereocenters. The number of alkyl halides is 6. The lowest BCUT2D eigenvalue weighted by Gasteiger charge is -2.24. The van der Waals surface area contributed by atoms with E-state index in [1.54, 1.807) is 0 Å². The number of carbonyl (C=O) groups excluding carboxylic acids is 1. The van der Waals surface area contributed by atoms with Gasteiger partial charge in [0.2, 0.25) is 0 Å². The molecule has 86 valence electrons. The molecule has 15 heavy (non-hydrogen) atoms.